The van der Waals surface area contributed by atoms with E-state index in [-0.39, 0.29) is 12.1 Å². The largest absolute Gasteiger partial charge is 0.393 e. The topological polar surface area (TPSA) is 93.9 Å². The molecule has 2 aromatic rings. The molecule has 1 heterocycles. The maximum atomic E-state index is 9.63. The van der Waals surface area contributed by atoms with Gasteiger partial charge in [-0.3, -0.25) is 0 Å². The van der Waals surface area contributed by atoms with Crippen LogP contribution in [0.5, 0.6) is 0 Å². The SMILES string of the molecule is Cc1cccc(CCNc2ncc(C#N)c(NC3CCC(O)CC3)n2)c1. The Morgan fingerprint density at radius 1 is 1.27 bits per heavy atom. The molecule has 0 aliphatic heterocycles. The molecule has 1 saturated carbocycles. The third kappa shape index (κ3) is 4.93. The zero-order chi connectivity index (χ0) is 18.4. The molecule has 0 spiro atoms. The van der Waals surface area contributed by atoms with E-state index in [1.165, 1.54) is 11.1 Å². The van der Waals surface area contributed by atoms with E-state index in [0.29, 0.717) is 17.3 Å². The van der Waals surface area contributed by atoms with Crippen molar-refractivity contribution in [2.75, 3.05) is 17.2 Å². The summed E-state index contributed by atoms with van der Waals surface area (Å²) in [6.07, 6.45) is 5.57. The van der Waals surface area contributed by atoms with E-state index in [1.807, 2.05) is 0 Å². The monoisotopic (exact) mass is 351 g/mol. The van der Waals surface area contributed by atoms with Gasteiger partial charge in [-0.15, -0.1) is 0 Å². The minimum atomic E-state index is -0.201. The maximum absolute atomic E-state index is 9.63. The lowest BCUT2D eigenvalue weighted by Gasteiger charge is -2.26. The molecule has 0 bridgehead atoms. The Morgan fingerprint density at radius 2 is 2.08 bits per heavy atom. The third-order valence-electron chi connectivity index (χ3n) is 4.73. The highest BCUT2D eigenvalue weighted by molar-refractivity contribution is 5.54. The molecule has 3 N–H and O–H groups in total. The first-order valence-electron chi connectivity index (χ1n) is 9.15. The molecular weight excluding hydrogens is 326 g/mol. The highest BCUT2D eigenvalue weighted by Gasteiger charge is 2.20. The predicted octanol–water partition coefficient (Wildman–Crippen LogP) is 3.03. The second-order valence-corrected chi connectivity index (χ2v) is 6.88. The van der Waals surface area contributed by atoms with Crippen LogP contribution in [-0.4, -0.2) is 33.8 Å². The Morgan fingerprint density at radius 3 is 2.81 bits per heavy atom. The first kappa shape index (κ1) is 18.2. The van der Waals surface area contributed by atoms with Gasteiger partial charge < -0.3 is 15.7 Å². The summed E-state index contributed by atoms with van der Waals surface area (Å²) in [6, 6.07) is 10.8. The van der Waals surface area contributed by atoms with Gasteiger partial charge in [-0.25, -0.2) is 4.98 Å². The summed E-state index contributed by atoms with van der Waals surface area (Å²) in [6.45, 7) is 2.81. The Balaban J connectivity index is 1.60. The van der Waals surface area contributed by atoms with E-state index in [1.54, 1.807) is 6.20 Å². The summed E-state index contributed by atoms with van der Waals surface area (Å²) in [5.74, 6) is 1.09. The van der Waals surface area contributed by atoms with Crippen molar-refractivity contribution in [2.24, 2.45) is 0 Å². The fourth-order valence-corrected chi connectivity index (χ4v) is 3.26. The fraction of sp³-hybridized carbons (Fsp3) is 0.450. The van der Waals surface area contributed by atoms with Gasteiger partial charge in [0.25, 0.3) is 0 Å². The molecule has 1 aliphatic rings. The zero-order valence-electron chi connectivity index (χ0n) is 15.1. The molecule has 1 aromatic heterocycles. The number of anilines is 2. The molecule has 6 heteroatoms. The molecule has 136 valence electrons. The van der Waals surface area contributed by atoms with Crippen molar-refractivity contribution >= 4 is 11.8 Å². The van der Waals surface area contributed by atoms with Crippen LogP contribution < -0.4 is 10.6 Å². The minimum Gasteiger partial charge on any atom is -0.393 e. The molecule has 26 heavy (non-hydrogen) atoms. The van der Waals surface area contributed by atoms with Gasteiger partial charge in [-0.05, 0) is 44.6 Å². The van der Waals surface area contributed by atoms with Crippen LogP contribution in [0.4, 0.5) is 11.8 Å². The number of aryl methyl sites for hydroxylation is 1. The van der Waals surface area contributed by atoms with Crippen LogP contribution in [0, 0.1) is 18.3 Å². The van der Waals surface area contributed by atoms with E-state index in [0.717, 1.165) is 38.6 Å². The van der Waals surface area contributed by atoms with Gasteiger partial charge in [0.05, 0.1) is 12.3 Å². The summed E-state index contributed by atoms with van der Waals surface area (Å²) in [5, 5.41) is 25.5. The van der Waals surface area contributed by atoms with Crippen molar-refractivity contribution < 1.29 is 5.11 Å². The van der Waals surface area contributed by atoms with Gasteiger partial charge >= 0.3 is 0 Å². The van der Waals surface area contributed by atoms with E-state index < -0.39 is 0 Å². The van der Waals surface area contributed by atoms with E-state index in [4.69, 9.17) is 0 Å². The van der Waals surface area contributed by atoms with Crippen LogP contribution in [0.3, 0.4) is 0 Å². The van der Waals surface area contributed by atoms with Crippen molar-refractivity contribution in [1.82, 2.24) is 9.97 Å². The van der Waals surface area contributed by atoms with E-state index in [9.17, 15) is 10.4 Å². The number of nitrogens with one attached hydrogen (secondary N) is 2. The highest BCUT2D eigenvalue weighted by atomic mass is 16.3. The second kappa shape index (κ2) is 8.63. The van der Waals surface area contributed by atoms with Gasteiger partial charge in [0.2, 0.25) is 5.95 Å². The number of aliphatic hydroxyl groups is 1. The number of rotatable bonds is 6. The lowest BCUT2D eigenvalue weighted by atomic mass is 9.93. The minimum absolute atomic E-state index is 0.201. The van der Waals surface area contributed by atoms with Crippen molar-refractivity contribution in [3.05, 3.63) is 47.2 Å². The summed E-state index contributed by atoms with van der Waals surface area (Å²) in [7, 11) is 0. The molecule has 0 atom stereocenters. The number of aliphatic hydroxyl groups excluding tert-OH is 1. The van der Waals surface area contributed by atoms with Gasteiger partial charge in [0.15, 0.2) is 0 Å². The lowest BCUT2D eigenvalue weighted by Crippen LogP contribution is -2.29. The van der Waals surface area contributed by atoms with Crippen molar-refractivity contribution in [3.63, 3.8) is 0 Å². The molecule has 1 aliphatic carbocycles. The molecule has 6 nitrogen and oxygen atoms in total. The average molecular weight is 351 g/mol. The van der Waals surface area contributed by atoms with Crippen LogP contribution in [0.15, 0.2) is 30.5 Å². The van der Waals surface area contributed by atoms with Crippen LogP contribution >= 0.6 is 0 Å². The number of nitrogens with zero attached hydrogens (tertiary/aromatic N) is 3. The lowest BCUT2D eigenvalue weighted by molar-refractivity contribution is 0.126. The predicted molar refractivity (Wildman–Crippen MR) is 102 cm³/mol. The van der Waals surface area contributed by atoms with Crippen LogP contribution in [0.2, 0.25) is 0 Å². The summed E-state index contributed by atoms with van der Waals surface area (Å²) in [5.41, 5.74) is 2.96. The Bertz CT molecular complexity index is 778. The van der Waals surface area contributed by atoms with Gasteiger partial charge in [0.1, 0.15) is 17.5 Å². The number of benzene rings is 1. The maximum Gasteiger partial charge on any atom is 0.224 e. The molecule has 3 rings (SSSR count). The summed E-state index contributed by atoms with van der Waals surface area (Å²) < 4.78 is 0. The fourth-order valence-electron chi connectivity index (χ4n) is 3.26. The number of aromatic nitrogens is 2. The molecule has 1 fully saturated rings. The zero-order valence-corrected chi connectivity index (χ0v) is 15.1. The standard InChI is InChI=1S/C20H25N5O/c1-14-3-2-4-15(11-14)9-10-22-20-23-13-16(12-21)19(25-20)24-17-5-7-18(26)8-6-17/h2-4,11,13,17-18,26H,5-10H2,1H3,(H2,22,23,24,25). The third-order valence-corrected chi connectivity index (χ3v) is 4.73. The Labute approximate surface area is 154 Å². The molecule has 0 unspecified atom stereocenters. The van der Waals surface area contributed by atoms with Crippen LogP contribution in [0.25, 0.3) is 0 Å². The Kier molecular flexibility index (Phi) is 6.03. The highest BCUT2D eigenvalue weighted by Crippen LogP contribution is 2.23. The van der Waals surface area contributed by atoms with Crippen molar-refractivity contribution in [3.8, 4) is 6.07 Å². The number of hydrogen-bond acceptors (Lipinski definition) is 6. The molecular formula is C20H25N5O. The van der Waals surface area contributed by atoms with Crippen molar-refractivity contribution in [1.29, 1.82) is 5.26 Å². The number of nitriles is 1. The average Bonchev–Trinajstić information content (AvgIpc) is 2.64. The molecule has 1 aromatic carbocycles. The van der Waals surface area contributed by atoms with Gasteiger partial charge in [0, 0.05) is 12.6 Å². The Hall–Kier alpha value is -2.65. The van der Waals surface area contributed by atoms with Gasteiger partial charge in [-0.2, -0.15) is 10.2 Å². The first-order valence-corrected chi connectivity index (χ1v) is 9.15. The second-order valence-electron chi connectivity index (χ2n) is 6.88. The molecule has 0 radical (unpaired) electrons. The number of hydrogen-bond donors (Lipinski definition) is 3. The molecule has 0 saturated heterocycles. The van der Waals surface area contributed by atoms with Crippen LogP contribution in [-0.2, 0) is 6.42 Å². The quantitative estimate of drug-likeness (QED) is 0.741. The molecule has 0 amide bonds. The smallest absolute Gasteiger partial charge is 0.224 e. The normalized spacial score (nSPS) is 19.6. The van der Waals surface area contributed by atoms with Crippen molar-refractivity contribution in [2.45, 2.75) is 51.2 Å². The van der Waals surface area contributed by atoms with E-state index in [2.05, 4.69) is 57.9 Å². The summed E-state index contributed by atoms with van der Waals surface area (Å²) >= 11 is 0. The first-order chi connectivity index (χ1) is 12.6. The van der Waals surface area contributed by atoms with E-state index >= 15 is 0 Å². The van der Waals surface area contributed by atoms with Crippen LogP contribution in [0.1, 0.15) is 42.4 Å². The van der Waals surface area contributed by atoms with Gasteiger partial charge in [-0.1, -0.05) is 29.8 Å². The summed E-state index contributed by atoms with van der Waals surface area (Å²) in [4.78, 5) is 8.73.